The molecule has 0 amide bonds. The number of carboxylic acid groups (broad SMARTS) is 1. The van der Waals surface area contributed by atoms with Gasteiger partial charge in [-0.15, -0.1) is 0 Å². The number of anilines is 1. The van der Waals surface area contributed by atoms with Crippen LogP contribution in [0.2, 0.25) is 10.0 Å². The van der Waals surface area contributed by atoms with Crippen molar-refractivity contribution in [2.75, 3.05) is 4.31 Å². The number of sulfonamides is 1. The maximum atomic E-state index is 13.0. The molecule has 2 aromatic rings. The van der Waals surface area contributed by atoms with Gasteiger partial charge in [-0.05, 0) is 44.2 Å². The molecule has 0 aliphatic heterocycles. The van der Waals surface area contributed by atoms with Crippen LogP contribution in [0, 0.1) is 6.92 Å². The molecule has 0 radical (unpaired) electrons. The minimum Gasteiger partial charge on any atom is -0.480 e. The van der Waals surface area contributed by atoms with E-state index in [0.717, 1.165) is 9.87 Å². The number of carboxylic acids is 1. The quantitative estimate of drug-likeness (QED) is 0.841. The Morgan fingerprint density at radius 2 is 1.58 bits per heavy atom. The van der Waals surface area contributed by atoms with Crippen molar-refractivity contribution in [3.8, 4) is 0 Å². The fraction of sp³-hybridized carbons (Fsp3) is 0.188. The average molecular weight is 388 g/mol. The van der Waals surface area contributed by atoms with E-state index < -0.39 is 22.0 Å². The normalized spacial score (nSPS) is 12.7. The van der Waals surface area contributed by atoms with Gasteiger partial charge in [0.05, 0.1) is 10.6 Å². The number of hydrogen-bond donors (Lipinski definition) is 1. The lowest BCUT2D eigenvalue weighted by Gasteiger charge is -2.28. The highest BCUT2D eigenvalue weighted by atomic mass is 35.5. The third-order valence-corrected chi connectivity index (χ3v) is 5.74. The second kappa shape index (κ2) is 7.01. The van der Waals surface area contributed by atoms with Crippen molar-refractivity contribution in [3.05, 3.63) is 58.1 Å². The van der Waals surface area contributed by atoms with Gasteiger partial charge in [0.15, 0.2) is 0 Å². The standard InChI is InChI=1S/C16H15Cl2NO4S/c1-10-3-5-15(6-4-10)24(22,23)19(11(2)16(20)21)14-8-12(17)7-13(18)9-14/h3-9,11H,1-2H3,(H,20,21). The van der Waals surface area contributed by atoms with Gasteiger partial charge in [0, 0.05) is 10.0 Å². The SMILES string of the molecule is Cc1ccc(S(=O)(=O)N(c2cc(Cl)cc(Cl)c2)C(C)C(=O)O)cc1. The van der Waals surface area contributed by atoms with Crippen LogP contribution in [0.3, 0.4) is 0 Å². The van der Waals surface area contributed by atoms with Crippen molar-refractivity contribution in [1.82, 2.24) is 0 Å². The second-order valence-corrected chi connectivity index (χ2v) is 7.94. The Labute approximate surface area is 150 Å². The number of nitrogens with zero attached hydrogens (tertiary/aromatic N) is 1. The maximum Gasteiger partial charge on any atom is 0.327 e. The highest BCUT2D eigenvalue weighted by Crippen LogP contribution is 2.31. The molecule has 0 saturated heterocycles. The molecule has 0 fully saturated rings. The van der Waals surface area contributed by atoms with Crippen molar-refractivity contribution in [3.63, 3.8) is 0 Å². The van der Waals surface area contributed by atoms with E-state index in [1.807, 2.05) is 6.92 Å². The van der Waals surface area contributed by atoms with E-state index in [4.69, 9.17) is 23.2 Å². The summed E-state index contributed by atoms with van der Waals surface area (Å²) in [5.74, 6) is -1.29. The number of hydrogen-bond acceptors (Lipinski definition) is 3. The lowest BCUT2D eigenvalue weighted by atomic mass is 10.2. The Balaban J connectivity index is 2.66. The number of aryl methyl sites for hydroxylation is 1. The molecule has 1 atom stereocenters. The van der Waals surface area contributed by atoms with Crippen LogP contribution >= 0.6 is 23.2 Å². The molecule has 0 spiro atoms. The summed E-state index contributed by atoms with van der Waals surface area (Å²) < 4.78 is 26.8. The van der Waals surface area contributed by atoms with Gasteiger partial charge < -0.3 is 5.11 Å². The molecule has 0 aromatic heterocycles. The molecule has 0 aliphatic rings. The molecule has 2 aromatic carbocycles. The molecule has 128 valence electrons. The summed E-state index contributed by atoms with van der Waals surface area (Å²) in [4.78, 5) is 11.4. The highest BCUT2D eigenvalue weighted by molar-refractivity contribution is 7.92. The smallest absolute Gasteiger partial charge is 0.327 e. The number of benzene rings is 2. The number of carbonyl (C=O) groups is 1. The number of rotatable bonds is 5. The monoisotopic (exact) mass is 387 g/mol. The van der Waals surface area contributed by atoms with Gasteiger partial charge in [0.1, 0.15) is 6.04 Å². The zero-order valence-corrected chi connectivity index (χ0v) is 15.2. The molecule has 24 heavy (non-hydrogen) atoms. The molecular weight excluding hydrogens is 373 g/mol. The van der Waals surface area contributed by atoms with Crippen LogP contribution < -0.4 is 4.31 Å². The summed E-state index contributed by atoms with van der Waals surface area (Å²) in [7, 11) is -4.11. The molecule has 5 nitrogen and oxygen atoms in total. The van der Waals surface area contributed by atoms with Crippen molar-refractivity contribution in [2.45, 2.75) is 24.8 Å². The Bertz CT molecular complexity index is 846. The van der Waals surface area contributed by atoms with Crippen LogP contribution in [-0.4, -0.2) is 25.5 Å². The van der Waals surface area contributed by atoms with Gasteiger partial charge >= 0.3 is 5.97 Å². The second-order valence-electron chi connectivity index (χ2n) is 5.26. The van der Waals surface area contributed by atoms with E-state index >= 15 is 0 Å². The van der Waals surface area contributed by atoms with E-state index in [1.165, 1.54) is 37.3 Å². The molecule has 2 rings (SSSR count). The Morgan fingerprint density at radius 3 is 2.04 bits per heavy atom. The molecular formula is C16H15Cl2NO4S. The van der Waals surface area contributed by atoms with Crippen LogP contribution in [-0.2, 0) is 14.8 Å². The zero-order valence-electron chi connectivity index (χ0n) is 12.9. The van der Waals surface area contributed by atoms with Gasteiger partial charge in [-0.1, -0.05) is 40.9 Å². The lowest BCUT2D eigenvalue weighted by Crippen LogP contribution is -2.43. The van der Waals surface area contributed by atoms with Crippen LogP contribution in [0.4, 0.5) is 5.69 Å². The Kier molecular flexibility index (Phi) is 5.42. The van der Waals surface area contributed by atoms with E-state index in [2.05, 4.69) is 0 Å². The minimum absolute atomic E-state index is 0.0164. The van der Waals surface area contributed by atoms with Crippen molar-refractivity contribution >= 4 is 44.9 Å². The Morgan fingerprint density at radius 1 is 1.08 bits per heavy atom. The molecule has 8 heteroatoms. The molecule has 0 heterocycles. The van der Waals surface area contributed by atoms with Gasteiger partial charge in [-0.3, -0.25) is 4.31 Å². The largest absolute Gasteiger partial charge is 0.480 e. The third kappa shape index (κ3) is 3.83. The van der Waals surface area contributed by atoms with Gasteiger partial charge in [0.2, 0.25) is 0 Å². The topological polar surface area (TPSA) is 74.7 Å². The van der Waals surface area contributed by atoms with E-state index in [1.54, 1.807) is 12.1 Å². The summed E-state index contributed by atoms with van der Waals surface area (Å²) in [6.45, 7) is 3.10. The molecule has 0 saturated carbocycles. The number of halogens is 2. The lowest BCUT2D eigenvalue weighted by molar-refractivity contribution is -0.137. The maximum absolute atomic E-state index is 13.0. The fourth-order valence-corrected chi connectivity index (χ4v) is 4.27. The minimum atomic E-state index is -4.11. The molecule has 0 bridgehead atoms. The first kappa shape index (κ1) is 18.6. The van der Waals surface area contributed by atoms with Gasteiger partial charge in [-0.2, -0.15) is 0 Å². The average Bonchev–Trinajstić information content (AvgIpc) is 2.46. The van der Waals surface area contributed by atoms with E-state index in [9.17, 15) is 18.3 Å². The molecule has 0 aliphatic carbocycles. The zero-order chi connectivity index (χ0) is 18.1. The first-order chi connectivity index (χ1) is 11.1. The first-order valence-electron chi connectivity index (χ1n) is 6.93. The summed E-state index contributed by atoms with van der Waals surface area (Å²) in [6.07, 6.45) is 0. The van der Waals surface area contributed by atoms with Crippen LogP contribution in [0.5, 0.6) is 0 Å². The molecule has 1 N–H and O–H groups in total. The van der Waals surface area contributed by atoms with Crippen molar-refractivity contribution in [1.29, 1.82) is 0 Å². The van der Waals surface area contributed by atoms with Crippen LogP contribution in [0.25, 0.3) is 0 Å². The number of aliphatic carboxylic acids is 1. The van der Waals surface area contributed by atoms with E-state index in [-0.39, 0.29) is 20.6 Å². The van der Waals surface area contributed by atoms with E-state index in [0.29, 0.717) is 0 Å². The van der Waals surface area contributed by atoms with Crippen molar-refractivity contribution < 1.29 is 18.3 Å². The van der Waals surface area contributed by atoms with Crippen LogP contribution in [0.1, 0.15) is 12.5 Å². The van der Waals surface area contributed by atoms with Crippen LogP contribution in [0.15, 0.2) is 47.4 Å². The predicted octanol–water partition coefficient (Wildman–Crippen LogP) is 3.97. The fourth-order valence-electron chi connectivity index (χ4n) is 2.16. The summed E-state index contributed by atoms with van der Waals surface area (Å²) in [5.41, 5.74) is 0.973. The predicted molar refractivity (Wildman–Crippen MR) is 94.4 cm³/mol. The Hall–Kier alpha value is -1.76. The third-order valence-electron chi connectivity index (χ3n) is 3.39. The van der Waals surface area contributed by atoms with Gasteiger partial charge in [0.25, 0.3) is 10.0 Å². The van der Waals surface area contributed by atoms with Gasteiger partial charge in [-0.25, -0.2) is 13.2 Å². The molecule has 1 unspecified atom stereocenters. The summed E-state index contributed by atoms with van der Waals surface area (Å²) >= 11 is 11.9. The summed E-state index contributed by atoms with van der Waals surface area (Å²) in [6, 6.07) is 8.96. The first-order valence-corrected chi connectivity index (χ1v) is 9.12. The summed E-state index contributed by atoms with van der Waals surface area (Å²) in [5, 5.41) is 9.75. The van der Waals surface area contributed by atoms with Crippen molar-refractivity contribution in [2.24, 2.45) is 0 Å². The highest BCUT2D eigenvalue weighted by Gasteiger charge is 2.33.